The number of rotatable bonds is 2. The van der Waals surface area contributed by atoms with Gasteiger partial charge in [0.25, 0.3) is 0 Å². The molecule has 5 N–H and O–H groups in total. The van der Waals surface area contributed by atoms with E-state index < -0.39 is 53.3 Å². The molecule has 5 aliphatic carbocycles. The Morgan fingerprint density at radius 1 is 1.19 bits per heavy atom. The number of carboxylic acid groups (broad SMARTS) is 1. The summed E-state index contributed by atoms with van der Waals surface area (Å²) in [5.74, 6) is -3.27. The molecule has 1 heterocycles. The van der Waals surface area contributed by atoms with Crippen LogP contribution in [0.3, 0.4) is 0 Å². The molecule has 0 aromatic heterocycles. The minimum absolute atomic E-state index is 0.158. The largest absolute Gasteiger partial charge is 0.490 e. The number of carbonyl (C=O) groups excluding carboxylic acids is 1. The number of alkyl halides is 3. The summed E-state index contributed by atoms with van der Waals surface area (Å²) < 4.78 is 47.8. The fraction of sp³-hybridized carbons (Fsp3) is 0.850. The van der Waals surface area contributed by atoms with E-state index in [0.29, 0.717) is 44.9 Å². The van der Waals surface area contributed by atoms with Gasteiger partial charge in [0.15, 0.2) is 0 Å². The van der Waals surface area contributed by atoms with Crippen LogP contribution in [0.15, 0.2) is 0 Å². The molecule has 6 aliphatic rings. The predicted molar refractivity (Wildman–Crippen MR) is 97.9 cm³/mol. The van der Waals surface area contributed by atoms with Crippen molar-refractivity contribution in [2.75, 3.05) is 0 Å². The maximum atomic E-state index is 13.3. The second kappa shape index (κ2) is 6.80. The number of aliphatic hydroxyl groups is 2. The number of hydrogen-bond donors (Lipinski definition) is 4. The zero-order valence-electron chi connectivity index (χ0n) is 18.6. The number of halogens is 3. The summed E-state index contributed by atoms with van der Waals surface area (Å²) in [5, 5.41) is 38.4. The summed E-state index contributed by atoms with van der Waals surface area (Å²) in [5.41, 5.74) is 3.85. The third kappa shape index (κ3) is 3.79. The van der Waals surface area contributed by atoms with Crippen molar-refractivity contribution in [2.45, 2.75) is 86.8 Å². The highest BCUT2D eigenvalue weighted by Crippen LogP contribution is 2.64. The monoisotopic (exact) mass is 448 g/mol. The maximum absolute atomic E-state index is 13.3. The van der Waals surface area contributed by atoms with Gasteiger partial charge in [-0.3, -0.25) is 4.79 Å². The van der Waals surface area contributed by atoms with E-state index in [-0.39, 0.29) is 17.7 Å². The molecule has 1 aliphatic heterocycles. The first kappa shape index (κ1) is 19.8. The van der Waals surface area contributed by atoms with Gasteiger partial charge in [0.05, 0.1) is 23.3 Å². The Morgan fingerprint density at radius 2 is 1.74 bits per heavy atom. The van der Waals surface area contributed by atoms with Crippen LogP contribution in [0.2, 0.25) is 0 Å². The minimum atomic E-state index is -5.08. The van der Waals surface area contributed by atoms with E-state index in [9.17, 15) is 33.4 Å². The number of carbonyl (C=O) groups is 2. The number of carboxylic acids is 1. The van der Waals surface area contributed by atoms with Crippen molar-refractivity contribution >= 4 is 11.9 Å². The molecule has 8 nitrogen and oxygen atoms in total. The Bertz CT molecular complexity index is 908. The van der Waals surface area contributed by atoms with Crippen LogP contribution in [0.1, 0.15) is 54.1 Å². The Hall–Kier alpha value is -1.90. The SMILES string of the molecule is O=C(O)C(F)(F)F.[2H]C1([2H])[C@H]2C[C@@H](C#N)N([13C](=O)[C@@H](N)C34CC5C[C@@](O)(C3)C[C@](O)(C5)C4)[C@H]21. The summed E-state index contributed by atoms with van der Waals surface area (Å²) in [7, 11) is 0. The van der Waals surface area contributed by atoms with E-state index in [1.165, 1.54) is 4.90 Å². The van der Waals surface area contributed by atoms with Gasteiger partial charge in [-0.25, -0.2) is 4.79 Å². The van der Waals surface area contributed by atoms with Crippen molar-refractivity contribution in [3.63, 3.8) is 0 Å². The average Bonchev–Trinajstić information content (AvgIpc) is 2.98. The Kier molecular flexibility index (Phi) is 4.33. The van der Waals surface area contributed by atoms with Gasteiger partial charge >= 0.3 is 12.1 Å². The molecule has 1 amide bonds. The van der Waals surface area contributed by atoms with Gasteiger partial charge in [-0.2, -0.15) is 18.4 Å². The average molecular weight is 448 g/mol. The first-order chi connectivity index (χ1) is 15.0. The molecule has 8 atom stereocenters. The van der Waals surface area contributed by atoms with Gasteiger partial charge in [-0.15, -0.1) is 0 Å². The first-order valence-corrected chi connectivity index (χ1v) is 10.2. The molecule has 11 heteroatoms. The van der Waals surface area contributed by atoms with E-state index in [1.54, 1.807) is 0 Å². The van der Waals surface area contributed by atoms with Crippen LogP contribution in [0.5, 0.6) is 0 Å². The van der Waals surface area contributed by atoms with Crippen LogP contribution in [-0.2, 0) is 9.59 Å². The molecular weight excluding hydrogens is 420 g/mol. The molecule has 5 saturated carbocycles. The van der Waals surface area contributed by atoms with Crippen molar-refractivity contribution in [1.29, 1.82) is 5.26 Å². The lowest BCUT2D eigenvalue weighted by molar-refractivity contribution is -0.234. The quantitative estimate of drug-likeness (QED) is 0.459. The van der Waals surface area contributed by atoms with Crippen molar-refractivity contribution < 1.29 is 40.8 Å². The van der Waals surface area contributed by atoms with Gasteiger partial charge in [-0.1, -0.05) is 0 Å². The number of likely N-dealkylation sites (tertiary alicyclic amines) is 1. The highest BCUT2D eigenvalue weighted by molar-refractivity contribution is 5.84. The summed E-state index contributed by atoms with van der Waals surface area (Å²) in [6.45, 7) is 0. The van der Waals surface area contributed by atoms with Gasteiger partial charge in [0, 0.05) is 20.6 Å². The molecule has 4 bridgehead atoms. The van der Waals surface area contributed by atoms with Crippen LogP contribution >= 0.6 is 0 Å². The molecule has 0 aromatic rings. The molecule has 31 heavy (non-hydrogen) atoms. The predicted octanol–water partition coefficient (Wildman–Crippen LogP) is 0.906. The third-order valence-electron chi connectivity index (χ3n) is 7.39. The third-order valence-corrected chi connectivity index (χ3v) is 7.39. The number of hydrogen-bond acceptors (Lipinski definition) is 6. The van der Waals surface area contributed by atoms with Crippen LogP contribution < -0.4 is 5.73 Å². The molecular formula is C20H26F3N3O5. The standard InChI is InChI=1S/C18H25N3O3.C2HF3O2/c19-6-12-1-11-2-13(11)21(12)15(22)14(20)16-3-10-4-17(23,7-16)9-18(24,5-10)8-16;3-2(4,5)1(6)7/h10-14,23-24H,1-5,7-9,20H2;(H,6,7)/t10?,11-,12+,13+,14-,16?,17-,18+;/m1./s1/i2D2,15+1;. The fourth-order valence-corrected chi connectivity index (χ4v) is 6.77. The fourth-order valence-electron chi connectivity index (χ4n) is 6.77. The maximum Gasteiger partial charge on any atom is 0.490 e. The van der Waals surface area contributed by atoms with Crippen LogP contribution in [0, 0.1) is 28.6 Å². The van der Waals surface area contributed by atoms with Crippen molar-refractivity contribution in [3.05, 3.63) is 0 Å². The highest BCUT2D eigenvalue weighted by atomic mass is 19.4. The molecule has 0 radical (unpaired) electrons. The summed E-state index contributed by atoms with van der Waals surface area (Å²) >= 11 is 0. The molecule has 6 rings (SSSR count). The summed E-state index contributed by atoms with van der Waals surface area (Å²) in [4.78, 5) is 23.6. The van der Waals surface area contributed by atoms with E-state index in [0.717, 1.165) is 0 Å². The summed E-state index contributed by atoms with van der Waals surface area (Å²) in [6.07, 6.45) is -3.02. The molecule has 172 valence electrons. The molecule has 0 aromatic carbocycles. The second-order valence-electron chi connectivity index (χ2n) is 9.94. The number of aliphatic carboxylic acids is 1. The molecule has 1 saturated heterocycles. The molecule has 6 fully saturated rings. The lowest BCUT2D eigenvalue weighted by Crippen LogP contribution is -2.69. The van der Waals surface area contributed by atoms with Crippen molar-refractivity contribution in [1.82, 2.24) is 4.90 Å². The van der Waals surface area contributed by atoms with Crippen LogP contribution in [-0.4, -0.2) is 67.6 Å². The van der Waals surface area contributed by atoms with E-state index >= 15 is 0 Å². The normalized spacial score (nSPS) is 47.8. The first-order valence-electron chi connectivity index (χ1n) is 11.2. The zero-order chi connectivity index (χ0) is 24.8. The Balaban J connectivity index is 0.000000325. The number of fused-ring (bicyclic) bond motifs is 1. The van der Waals surface area contributed by atoms with E-state index in [1.807, 2.05) is 0 Å². The lowest BCUT2D eigenvalue weighted by atomic mass is 9.45. The van der Waals surface area contributed by atoms with Crippen LogP contribution in [0.4, 0.5) is 13.2 Å². The van der Waals surface area contributed by atoms with Gasteiger partial charge in [0.2, 0.25) is 5.91 Å². The minimum Gasteiger partial charge on any atom is -0.475 e. The number of amides is 1. The topological polar surface area (TPSA) is 148 Å². The second-order valence-corrected chi connectivity index (χ2v) is 9.94. The van der Waals surface area contributed by atoms with Gasteiger partial charge in [0.1, 0.15) is 6.04 Å². The lowest BCUT2D eigenvalue weighted by Gasteiger charge is -2.64. The Labute approximate surface area is 179 Å². The molecule has 0 spiro atoms. The van der Waals surface area contributed by atoms with Crippen molar-refractivity contribution in [3.8, 4) is 6.07 Å². The molecule has 2 unspecified atom stereocenters. The smallest absolute Gasteiger partial charge is 0.475 e. The number of piperidine rings is 1. The number of nitrogens with two attached hydrogens (primary N) is 1. The zero-order valence-corrected chi connectivity index (χ0v) is 16.6. The number of nitrogens with zero attached hydrogens (tertiary/aromatic N) is 2. The summed E-state index contributed by atoms with van der Waals surface area (Å²) in [6, 6.07) is 0.00381. The van der Waals surface area contributed by atoms with Gasteiger partial charge < -0.3 is 26.0 Å². The Morgan fingerprint density at radius 3 is 2.19 bits per heavy atom. The van der Waals surface area contributed by atoms with E-state index in [2.05, 4.69) is 6.07 Å². The van der Waals surface area contributed by atoms with Crippen molar-refractivity contribution in [2.24, 2.45) is 23.0 Å². The highest BCUT2D eigenvalue weighted by Gasteiger charge is 2.66. The number of nitriles is 1. The van der Waals surface area contributed by atoms with Gasteiger partial charge in [-0.05, 0) is 56.7 Å². The van der Waals surface area contributed by atoms with E-state index in [4.69, 9.17) is 18.4 Å². The van der Waals surface area contributed by atoms with Crippen LogP contribution in [0.25, 0.3) is 0 Å².